The van der Waals surface area contributed by atoms with Crippen molar-refractivity contribution in [1.29, 1.82) is 0 Å². The van der Waals surface area contributed by atoms with E-state index < -0.39 is 5.25 Å². The number of nitrogens with one attached hydrogen (secondary N) is 1. The molecular formula is C22H22BrN5O2S. The normalized spacial score (nSPS) is 12.0. The van der Waals surface area contributed by atoms with Crippen LogP contribution in [0.15, 0.2) is 75.9 Å². The number of amides is 1. The SMILES string of the molecule is C=CCn1c(S[C@@H](C)C(=O)NN=Cc2cccc(OC)c2)nnc1-c1cccc(Br)c1. The van der Waals surface area contributed by atoms with E-state index in [9.17, 15) is 4.79 Å². The standard InChI is InChI=1S/C22H22BrN5O2S/c1-4-11-28-20(17-8-6-9-18(23)13-17)25-27-22(28)31-15(2)21(29)26-24-14-16-7-5-10-19(12-16)30-3/h4-10,12-15H,1,11H2,2-3H3,(H,26,29)/t15-/m0/s1. The molecule has 1 atom stereocenters. The van der Waals surface area contributed by atoms with Gasteiger partial charge < -0.3 is 4.74 Å². The van der Waals surface area contributed by atoms with Crippen LogP contribution >= 0.6 is 27.7 Å². The number of carbonyl (C=O) groups excluding carboxylic acids is 1. The van der Waals surface area contributed by atoms with Crippen molar-refractivity contribution in [3.63, 3.8) is 0 Å². The molecule has 3 aromatic rings. The van der Waals surface area contributed by atoms with Gasteiger partial charge in [0.1, 0.15) is 5.75 Å². The molecule has 0 bridgehead atoms. The summed E-state index contributed by atoms with van der Waals surface area (Å²) in [6.07, 6.45) is 3.35. The minimum Gasteiger partial charge on any atom is -0.497 e. The highest BCUT2D eigenvalue weighted by Gasteiger charge is 2.20. The van der Waals surface area contributed by atoms with E-state index in [4.69, 9.17) is 4.74 Å². The fourth-order valence-electron chi connectivity index (χ4n) is 2.71. The second-order valence-corrected chi connectivity index (χ2v) is 8.71. The topological polar surface area (TPSA) is 81.4 Å². The molecule has 0 radical (unpaired) electrons. The van der Waals surface area contributed by atoms with Gasteiger partial charge in [-0.05, 0) is 36.8 Å². The van der Waals surface area contributed by atoms with Crippen LogP contribution in [0.2, 0.25) is 0 Å². The number of halogens is 1. The van der Waals surface area contributed by atoms with E-state index in [-0.39, 0.29) is 5.91 Å². The van der Waals surface area contributed by atoms with Crippen LogP contribution in [-0.4, -0.2) is 39.2 Å². The summed E-state index contributed by atoms with van der Waals surface area (Å²) in [7, 11) is 1.60. The molecule has 1 aromatic heterocycles. The summed E-state index contributed by atoms with van der Waals surface area (Å²) in [5.74, 6) is 1.20. The van der Waals surface area contributed by atoms with Gasteiger partial charge in [-0.1, -0.05) is 58.0 Å². The Morgan fingerprint density at radius 2 is 2.13 bits per heavy atom. The van der Waals surface area contributed by atoms with Gasteiger partial charge in [0.2, 0.25) is 0 Å². The Bertz CT molecular complexity index is 1100. The van der Waals surface area contributed by atoms with Gasteiger partial charge in [0.15, 0.2) is 11.0 Å². The lowest BCUT2D eigenvalue weighted by Gasteiger charge is -2.11. The predicted molar refractivity (Wildman–Crippen MR) is 127 cm³/mol. The quantitative estimate of drug-likeness (QED) is 0.202. The van der Waals surface area contributed by atoms with E-state index >= 15 is 0 Å². The Hall–Kier alpha value is -2.91. The van der Waals surface area contributed by atoms with Crippen LogP contribution in [0.3, 0.4) is 0 Å². The van der Waals surface area contributed by atoms with Crippen LogP contribution < -0.4 is 10.2 Å². The Balaban J connectivity index is 1.69. The number of hydrogen-bond acceptors (Lipinski definition) is 6. The van der Waals surface area contributed by atoms with Crippen LogP contribution in [0.25, 0.3) is 11.4 Å². The zero-order chi connectivity index (χ0) is 22.2. The number of ether oxygens (including phenoxy) is 1. The first-order valence-corrected chi connectivity index (χ1v) is 11.1. The molecule has 0 unspecified atom stereocenters. The first-order chi connectivity index (χ1) is 15.0. The molecule has 0 saturated carbocycles. The maximum Gasteiger partial charge on any atom is 0.253 e. The third-order valence-electron chi connectivity index (χ3n) is 4.24. The molecule has 160 valence electrons. The van der Waals surface area contributed by atoms with E-state index in [1.54, 1.807) is 26.3 Å². The number of benzene rings is 2. The lowest BCUT2D eigenvalue weighted by atomic mass is 10.2. The largest absolute Gasteiger partial charge is 0.497 e. The molecule has 1 amide bonds. The summed E-state index contributed by atoms with van der Waals surface area (Å²) < 4.78 is 8.07. The number of carbonyl (C=O) groups is 1. The zero-order valence-electron chi connectivity index (χ0n) is 17.2. The second kappa shape index (κ2) is 10.9. The lowest BCUT2D eigenvalue weighted by molar-refractivity contribution is -0.120. The molecule has 0 spiro atoms. The first-order valence-electron chi connectivity index (χ1n) is 9.45. The van der Waals surface area contributed by atoms with Crippen molar-refractivity contribution < 1.29 is 9.53 Å². The Labute approximate surface area is 193 Å². The molecule has 31 heavy (non-hydrogen) atoms. The van der Waals surface area contributed by atoms with Crippen LogP contribution in [0.4, 0.5) is 0 Å². The summed E-state index contributed by atoms with van der Waals surface area (Å²) in [5.41, 5.74) is 4.32. The smallest absolute Gasteiger partial charge is 0.253 e. The molecule has 1 N–H and O–H groups in total. The first kappa shape index (κ1) is 22.8. The highest BCUT2D eigenvalue weighted by atomic mass is 79.9. The molecule has 0 aliphatic carbocycles. The van der Waals surface area contributed by atoms with Crippen molar-refractivity contribution in [3.8, 4) is 17.1 Å². The lowest BCUT2D eigenvalue weighted by Crippen LogP contribution is -2.27. The van der Waals surface area contributed by atoms with Crippen LogP contribution in [-0.2, 0) is 11.3 Å². The van der Waals surface area contributed by atoms with Crippen LogP contribution in [0.5, 0.6) is 5.75 Å². The van der Waals surface area contributed by atoms with Gasteiger partial charge in [0.05, 0.1) is 18.6 Å². The highest BCUT2D eigenvalue weighted by molar-refractivity contribution is 9.10. The average Bonchev–Trinajstić information content (AvgIpc) is 3.16. The molecule has 2 aromatic carbocycles. The fourth-order valence-corrected chi connectivity index (χ4v) is 3.96. The molecule has 0 fully saturated rings. The maximum absolute atomic E-state index is 12.5. The Morgan fingerprint density at radius 1 is 1.32 bits per heavy atom. The molecule has 0 saturated heterocycles. The van der Waals surface area contributed by atoms with Crippen molar-refractivity contribution in [2.45, 2.75) is 23.9 Å². The fraction of sp³-hybridized carbons (Fsp3) is 0.182. The Morgan fingerprint density at radius 3 is 2.87 bits per heavy atom. The van der Waals surface area contributed by atoms with Crippen molar-refractivity contribution in [2.75, 3.05) is 7.11 Å². The van der Waals surface area contributed by atoms with Gasteiger partial charge in [-0.25, -0.2) is 5.43 Å². The maximum atomic E-state index is 12.5. The van der Waals surface area contributed by atoms with Gasteiger partial charge in [-0.15, -0.1) is 16.8 Å². The molecular weight excluding hydrogens is 478 g/mol. The van der Waals surface area contributed by atoms with Gasteiger partial charge in [0, 0.05) is 16.6 Å². The number of rotatable bonds is 9. The molecule has 3 rings (SSSR count). The number of methoxy groups -OCH3 is 1. The minimum atomic E-state index is -0.425. The third kappa shape index (κ3) is 6.05. The summed E-state index contributed by atoms with van der Waals surface area (Å²) >= 11 is 4.80. The van der Waals surface area contributed by atoms with Gasteiger partial charge in [-0.3, -0.25) is 9.36 Å². The van der Waals surface area contributed by atoms with E-state index in [0.29, 0.717) is 17.5 Å². The molecule has 1 heterocycles. The predicted octanol–water partition coefficient (Wildman–Crippen LogP) is 4.53. The third-order valence-corrected chi connectivity index (χ3v) is 5.82. The molecule has 0 aliphatic heterocycles. The van der Waals surface area contributed by atoms with E-state index in [0.717, 1.165) is 21.3 Å². The molecule has 7 nitrogen and oxygen atoms in total. The van der Waals surface area contributed by atoms with Crippen molar-refractivity contribution in [2.24, 2.45) is 5.10 Å². The van der Waals surface area contributed by atoms with E-state index in [1.165, 1.54) is 11.8 Å². The highest BCUT2D eigenvalue weighted by Crippen LogP contribution is 2.28. The second-order valence-electron chi connectivity index (χ2n) is 6.49. The number of aromatic nitrogens is 3. The summed E-state index contributed by atoms with van der Waals surface area (Å²) in [5, 5.41) is 12.9. The van der Waals surface area contributed by atoms with E-state index in [1.807, 2.05) is 53.1 Å². The number of hydrogen-bond donors (Lipinski definition) is 1. The van der Waals surface area contributed by atoms with E-state index in [2.05, 4.69) is 43.2 Å². The van der Waals surface area contributed by atoms with Crippen molar-refractivity contribution in [3.05, 3.63) is 71.2 Å². The van der Waals surface area contributed by atoms with Crippen LogP contribution in [0.1, 0.15) is 12.5 Å². The number of thioether (sulfide) groups is 1. The average molecular weight is 500 g/mol. The van der Waals surface area contributed by atoms with Gasteiger partial charge >= 0.3 is 0 Å². The van der Waals surface area contributed by atoms with Gasteiger partial charge in [-0.2, -0.15) is 5.10 Å². The minimum absolute atomic E-state index is 0.235. The molecule has 9 heteroatoms. The number of allylic oxidation sites excluding steroid dienone is 1. The van der Waals surface area contributed by atoms with Crippen molar-refractivity contribution >= 4 is 39.8 Å². The number of nitrogens with zero attached hydrogens (tertiary/aromatic N) is 4. The summed E-state index contributed by atoms with van der Waals surface area (Å²) in [4.78, 5) is 12.5. The summed E-state index contributed by atoms with van der Waals surface area (Å²) in [6.45, 7) is 6.15. The monoisotopic (exact) mass is 499 g/mol. The Kier molecular flexibility index (Phi) is 8.02. The van der Waals surface area contributed by atoms with Crippen molar-refractivity contribution in [1.82, 2.24) is 20.2 Å². The molecule has 0 aliphatic rings. The summed E-state index contributed by atoms with van der Waals surface area (Å²) in [6, 6.07) is 15.2. The van der Waals surface area contributed by atoms with Gasteiger partial charge in [0.25, 0.3) is 5.91 Å². The number of hydrazone groups is 1. The zero-order valence-corrected chi connectivity index (χ0v) is 19.6. The van der Waals surface area contributed by atoms with Crippen LogP contribution in [0, 0.1) is 0 Å².